The number of rotatable bonds is 5. The summed E-state index contributed by atoms with van der Waals surface area (Å²) in [6.07, 6.45) is 1.02. The summed E-state index contributed by atoms with van der Waals surface area (Å²) in [6.45, 7) is 1.96. The molecule has 6 nitrogen and oxygen atoms in total. The molecule has 26 heavy (non-hydrogen) atoms. The quantitative estimate of drug-likeness (QED) is 0.884. The molecule has 0 spiro atoms. The minimum absolute atomic E-state index is 0.133. The Bertz CT molecular complexity index is 878. The summed E-state index contributed by atoms with van der Waals surface area (Å²) < 4.78 is 20.7. The topological polar surface area (TPSA) is 71.8 Å². The zero-order chi connectivity index (χ0) is 18.8. The second kappa shape index (κ2) is 7.29. The molecular formula is C19H21FN2O4. The van der Waals surface area contributed by atoms with Gasteiger partial charge in [-0.2, -0.15) is 0 Å². The fourth-order valence-electron chi connectivity index (χ4n) is 3.27. The van der Waals surface area contributed by atoms with E-state index in [1.807, 2.05) is 0 Å². The Hall–Kier alpha value is -2.67. The molecule has 2 heterocycles. The Morgan fingerprint density at radius 2 is 2.12 bits per heavy atom. The van der Waals surface area contributed by atoms with Crippen LogP contribution in [0.15, 0.2) is 41.3 Å². The van der Waals surface area contributed by atoms with Crippen molar-refractivity contribution in [2.45, 2.75) is 31.9 Å². The highest BCUT2D eigenvalue weighted by Gasteiger charge is 2.34. The second-order valence-corrected chi connectivity index (χ2v) is 6.49. The predicted octanol–water partition coefficient (Wildman–Crippen LogP) is 1.90. The first-order valence-corrected chi connectivity index (χ1v) is 8.42. The molecule has 1 saturated heterocycles. The summed E-state index contributed by atoms with van der Waals surface area (Å²) in [6, 6.07) is 7.80. The maximum atomic E-state index is 14.3. The molecule has 1 aliphatic heterocycles. The molecule has 1 fully saturated rings. The second-order valence-electron chi connectivity index (χ2n) is 6.49. The average Bonchev–Trinajstić information content (AvgIpc) is 2.97. The summed E-state index contributed by atoms with van der Waals surface area (Å²) in [5, 5.41) is 9.51. The van der Waals surface area contributed by atoms with E-state index in [1.165, 1.54) is 22.6 Å². The smallest absolute Gasteiger partial charge is 0.274 e. The first kappa shape index (κ1) is 18.1. The summed E-state index contributed by atoms with van der Waals surface area (Å²) in [4.78, 5) is 26.5. The van der Waals surface area contributed by atoms with Gasteiger partial charge in [0, 0.05) is 31.1 Å². The third-order valence-electron chi connectivity index (χ3n) is 4.52. The number of carbonyl (C=O) groups excluding carboxylic acids is 1. The highest BCUT2D eigenvalue weighted by molar-refractivity contribution is 5.96. The van der Waals surface area contributed by atoms with Crippen molar-refractivity contribution >= 4 is 11.6 Å². The number of methoxy groups -OCH3 is 1. The van der Waals surface area contributed by atoms with Gasteiger partial charge in [-0.25, -0.2) is 4.39 Å². The minimum atomic E-state index is -0.682. The fourth-order valence-corrected chi connectivity index (χ4v) is 3.27. The van der Waals surface area contributed by atoms with Gasteiger partial charge in [0.25, 0.3) is 5.56 Å². The Balaban J connectivity index is 1.88. The van der Waals surface area contributed by atoms with E-state index in [-0.39, 0.29) is 42.6 Å². The van der Waals surface area contributed by atoms with Gasteiger partial charge in [0.05, 0.1) is 19.8 Å². The molecule has 0 aliphatic carbocycles. The molecule has 0 saturated carbocycles. The van der Waals surface area contributed by atoms with E-state index >= 15 is 0 Å². The van der Waals surface area contributed by atoms with Gasteiger partial charge >= 0.3 is 0 Å². The molecular weight excluding hydrogens is 339 g/mol. The summed E-state index contributed by atoms with van der Waals surface area (Å²) in [5.74, 6) is -0.574. The Labute approximate surface area is 150 Å². The lowest BCUT2D eigenvalue weighted by Crippen LogP contribution is -2.34. The standard InChI is InChI=1S/C19H21FN2O4/c1-12(23)10-21-7-3-4-17(19(21)25)22-11-13(8-18(22)24)15-6-5-14(26-2)9-16(15)20/h3-7,9,12-13,23H,8,10-11H2,1-2H3. The van der Waals surface area contributed by atoms with E-state index in [0.29, 0.717) is 11.3 Å². The summed E-state index contributed by atoms with van der Waals surface area (Å²) >= 11 is 0. The highest BCUT2D eigenvalue weighted by atomic mass is 19.1. The van der Waals surface area contributed by atoms with Crippen molar-refractivity contribution in [3.63, 3.8) is 0 Å². The lowest BCUT2D eigenvalue weighted by atomic mass is 9.97. The van der Waals surface area contributed by atoms with Crippen molar-refractivity contribution < 1.29 is 19.0 Å². The minimum Gasteiger partial charge on any atom is -0.497 e. The van der Waals surface area contributed by atoms with Crippen molar-refractivity contribution in [2.24, 2.45) is 0 Å². The van der Waals surface area contributed by atoms with Crippen molar-refractivity contribution in [3.8, 4) is 5.75 Å². The summed E-state index contributed by atoms with van der Waals surface area (Å²) in [7, 11) is 1.46. The molecule has 1 aromatic carbocycles. The average molecular weight is 360 g/mol. The maximum absolute atomic E-state index is 14.3. The normalized spacial score (nSPS) is 18.2. The summed E-state index contributed by atoms with van der Waals surface area (Å²) in [5.41, 5.74) is 0.328. The first-order valence-electron chi connectivity index (χ1n) is 8.42. The van der Waals surface area contributed by atoms with Gasteiger partial charge < -0.3 is 19.3 Å². The maximum Gasteiger partial charge on any atom is 0.274 e. The molecule has 2 aromatic rings. The molecule has 2 atom stereocenters. The molecule has 7 heteroatoms. The van der Waals surface area contributed by atoms with Crippen molar-refractivity contribution in [3.05, 3.63) is 58.3 Å². The van der Waals surface area contributed by atoms with E-state index in [2.05, 4.69) is 0 Å². The van der Waals surface area contributed by atoms with Crippen LogP contribution in [-0.4, -0.2) is 35.3 Å². The number of carbonyl (C=O) groups is 1. The van der Waals surface area contributed by atoms with Crippen LogP contribution in [0, 0.1) is 5.82 Å². The number of anilines is 1. The van der Waals surface area contributed by atoms with Crippen molar-refractivity contribution in [1.82, 2.24) is 4.57 Å². The zero-order valence-corrected chi connectivity index (χ0v) is 14.7. The van der Waals surface area contributed by atoms with E-state index in [9.17, 15) is 19.1 Å². The number of halogens is 1. The molecule has 1 N–H and O–H groups in total. The monoisotopic (exact) mass is 360 g/mol. The van der Waals surface area contributed by atoms with E-state index in [1.54, 1.807) is 37.4 Å². The molecule has 2 unspecified atom stereocenters. The Morgan fingerprint density at radius 1 is 1.35 bits per heavy atom. The number of aliphatic hydroxyl groups excluding tert-OH is 1. The number of amides is 1. The highest BCUT2D eigenvalue weighted by Crippen LogP contribution is 2.33. The molecule has 1 amide bonds. The Kier molecular flexibility index (Phi) is 5.08. The largest absolute Gasteiger partial charge is 0.497 e. The number of hydrogen-bond acceptors (Lipinski definition) is 4. The molecule has 0 radical (unpaired) electrons. The van der Waals surface area contributed by atoms with E-state index in [4.69, 9.17) is 4.74 Å². The zero-order valence-electron chi connectivity index (χ0n) is 14.7. The molecule has 0 bridgehead atoms. The van der Waals surface area contributed by atoms with E-state index < -0.39 is 11.9 Å². The third-order valence-corrected chi connectivity index (χ3v) is 4.52. The van der Waals surface area contributed by atoms with Gasteiger partial charge in [-0.15, -0.1) is 0 Å². The fraction of sp³-hybridized carbons (Fsp3) is 0.368. The number of aromatic nitrogens is 1. The Morgan fingerprint density at radius 3 is 2.77 bits per heavy atom. The number of nitrogens with zero attached hydrogens (tertiary/aromatic N) is 2. The van der Waals surface area contributed by atoms with Gasteiger partial charge in [-0.3, -0.25) is 9.59 Å². The molecule has 3 rings (SSSR count). The number of benzene rings is 1. The lowest BCUT2D eigenvalue weighted by molar-refractivity contribution is -0.117. The van der Waals surface area contributed by atoms with Crippen LogP contribution in [0.5, 0.6) is 5.75 Å². The van der Waals surface area contributed by atoms with Gasteiger partial charge in [0.1, 0.15) is 17.3 Å². The number of ether oxygens (including phenoxy) is 1. The molecule has 1 aliphatic rings. The lowest BCUT2D eigenvalue weighted by Gasteiger charge is -2.18. The van der Waals surface area contributed by atoms with Crippen LogP contribution >= 0.6 is 0 Å². The van der Waals surface area contributed by atoms with Gasteiger partial charge in [-0.1, -0.05) is 6.07 Å². The molecule has 1 aromatic heterocycles. The van der Waals surface area contributed by atoms with Crippen LogP contribution in [0.4, 0.5) is 10.1 Å². The van der Waals surface area contributed by atoms with Crippen LogP contribution in [0.3, 0.4) is 0 Å². The first-order chi connectivity index (χ1) is 12.4. The number of hydrogen-bond donors (Lipinski definition) is 1. The third kappa shape index (κ3) is 3.48. The van der Waals surface area contributed by atoms with Crippen LogP contribution in [-0.2, 0) is 11.3 Å². The molecule has 138 valence electrons. The van der Waals surface area contributed by atoms with Crippen molar-refractivity contribution in [1.29, 1.82) is 0 Å². The van der Waals surface area contributed by atoms with E-state index in [0.717, 1.165) is 0 Å². The van der Waals surface area contributed by atoms with Crippen LogP contribution in [0.1, 0.15) is 24.8 Å². The number of aliphatic hydroxyl groups is 1. The van der Waals surface area contributed by atoms with Crippen LogP contribution in [0.25, 0.3) is 0 Å². The van der Waals surface area contributed by atoms with Crippen LogP contribution < -0.4 is 15.2 Å². The SMILES string of the molecule is COc1ccc(C2CC(=O)N(c3cccn(CC(C)O)c3=O)C2)c(F)c1. The van der Waals surface area contributed by atoms with Gasteiger partial charge in [0.2, 0.25) is 5.91 Å². The van der Waals surface area contributed by atoms with Gasteiger partial charge in [-0.05, 0) is 30.7 Å². The van der Waals surface area contributed by atoms with Crippen molar-refractivity contribution in [2.75, 3.05) is 18.6 Å². The van der Waals surface area contributed by atoms with Crippen LogP contribution in [0.2, 0.25) is 0 Å². The predicted molar refractivity (Wildman–Crippen MR) is 95.0 cm³/mol. The number of pyridine rings is 1. The van der Waals surface area contributed by atoms with Gasteiger partial charge in [0.15, 0.2) is 0 Å².